The molecule has 11 nitrogen and oxygen atoms in total. The minimum absolute atomic E-state index is 0.498. The zero-order valence-electron chi connectivity index (χ0n) is 30.4. The molecule has 0 radical (unpaired) electrons. The van der Waals surface area contributed by atoms with Gasteiger partial charge in [-0.15, -0.1) is 0 Å². The van der Waals surface area contributed by atoms with Gasteiger partial charge in [-0.2, -0.15) is 10.5 Å². The summed E-state index contributed by atoms with van der Waals surface area (Å²) >= 11 is 0. The van der Waals surface area contributed by atoms with Crippen molar-refractivity contribution in [3.8, 4) is 12.1 Å². The number of benzene rings is 4. The number of nitrogens with zero attached hydrogens (tertiary/aromatic N) is 9. The molecule has 11 heteroatoms. The lowest BCUT2D eigenvalue weighted by Gasteiger charge is -2.33. The summed E-state index contributed by atoms with van der Waals surface area (Å²) in [7, 11) is 0. The number of piperidine rings is 2. The standard InChI is InChI=1S/C44H39N11/c45-27-30-7-11-32(12-8-30)49-39-23-34(53-19-3-1-4-20-53)15-17-37(39)41-25-36-26-42(52-44-48-29-47-43(51-41)55(36)44)38-18-16-35(54-21-5-2-6-22-54)24-40(38)50-33-13-9-31(28-46)10-14-33/h7-18,23-26,29,49-50H,1-6,19-22H2. The topological polar surface area (TPSA) is 131 Å². The highest BCUT2D eigenvalue weighted by atomic mass is 15.4. The molecule has 270 valence electrons. The van der Waals surface area contributed by atoms with Crippen LogP contribution in [0.1, 0.15) is 60.8 Å². The van der Waals surface area contributed by atoms with E-state index in [1.54, 1.807) is 0 Å². The SMILES string of the molecule is N#Cc1ccc(Nc2cc(N3CCCCC3)ccc2C2=CC3=CC(c4ccc(N5CCCCC5)cc4Nc4ccc(C#N)cc4)=NC4=NC=NC(=N2)N34)cc1. The Hall–Kier alpha value is -6.98. The van der Waals surface area contributed by atoms with Crippen molar-refractivity contribution in [2.24, 2.45) is 20.0 Å². The highest BCUT2D eigenvalue weighted by Crippen LogP contribution is 2.38. The molecule has 2 fully saturated rings. The van der Waals surface area contributed by atoms with Crippen LogP contribution in [0.5, 0.6) is 0 Å². The van der Waals surface area contributed by atoms with E-state index >= 15 is 0 Å². The molecule has 0 saturated carbocycles. The van der Waals surface area contributed by atoms with Gasteiger partial charge in [-0.05, 0) is 136 Å². The molecule has 0 aromatic heterocycles. The molecule has 0 aliphatic carbocycles. The Kier molecular flexibility index (Phi) is 9.10. The van der Waals surface area contributed by atoms with Gasteiger partial charge in [0.15, 0.2) is 0 Å². The van der Waals surface area contributed by atoms with Crippen molar-refractivity contribution in [1.82, 2.24) is 4.90 Å². The summed E-state index contributed by atoms with van der Waals surface area (Å²) in [4.78, 5) is 26.1. The van der Waals surface area contributed by atoms with Gasteiger partial charge in [-0.25, -0.2) is 24.9 Å². The number of hydrogen-bond acceptors (Lipinski definition) is 11. The summed E-state index contributed by atoms with van der Waals surface area (Å²) in [6, 6.07) is 32.5. The fourth-order valence-corrected chi connectivity index (χ4v) is 7.72. The maximum atomic E-state index is 9.39. The molecule has 2 N–H and O–H groups in total. The number of hydrogen-bond donors (Lipinski definition) is 2. The van der Waals surface area contributed by atoms with Crippen molar-refractivity contribution in [3.63, 3.8) is 0 Å². The summed E-state index contributed by atoms with van der Waals surface area (Å²) in [6.07, 6.45) is 12.9. The van der Waals surface area contributed by atoms with E-state index in [0.717, 1.165) is 88.5 Å². The molecule has 0 unspecified atom stereocenters. The van der Waals surface area contributed by atoms with Gasteiger partial charge in [-0.3, -0.25) is 0 Å². The molecule has 5 aliphatic rings. The van der Waals surface area contributed by atoms with Gasteiger partial charge in [0.25, 0.3) is 0 Å². The molecule has 0 bridgehead atoms. The summed E-state index contributed by atoms with van der Waals surface area (Å²) in [5, 5.41) is 26.0. The number of nitrogens with one attached hydrogen (secondary N) is 2. The van der Waals surface area contributed by atoms with Crippen LogP contribution in [0.15, 0.2) is 123 Å². The Bertz CT molecular complexity index is 2280. The number of aliphatic imine (C=N–C) groups is 4. The Labute approximate surface area is 320 Å². The van der Waals surface area contributed by atoms with Crippen LogP contribution in [-0.2, 0) is 0 Å². The quantitative estimate of drug-likeness (QED) is 0.186. The van der Waals surface area contributed by atoms with Crippen LogP contribution >= 0.6 is 0 Å². The molecule has 0 spiro atoms. The average Bonchev–Trinajstić information content (AvgIpc) is 3.25. The van der Waals surface area contributed by atoms with E-state index in [4.69, 9.17) is 9.98 Å². The molecule has 4 aromatic carbocycles. The predicted octanol–water partition coefficient (Wildman–Crippen LogP) is 8.69. The van der Waals surface area contributed by atoms with E-state index in [1.165, 1.54) is 44.9 Å². The number of rotatable bonds is 8. The molecule has 4 aromatic rings. The second-order valence-electron chi connectivity index (χ2n) is 14.2. The normalized spacial score (nSPS) is 17.4. The van der Waals surface area contributed by atoms with Crippen molar-refractivity contribution >= 4 is 63.8 Å². The first kappa shape index (κ1) is 33.8. The smallest absolute Gasteiger partial charge is 0.239 e. The van der Waals surface area contributed by atoms with E-state index in [2.05, 4.69) is 91.1 Å². The molecule has 55 heavy (non-hydrogen) atoms. The Morgan fingerprint density at radius 1 is 0.564 bits per heavy atom. The third kappa shape index (κ3) is 6.96. The first-order valence-corrected chi connectivity index (χ1v) is 19.0. The van der Waals surface area contributed by atoms with Crippen molar-refractivity contribution in [2.45, 2.75) is 38.5 Å². The summed E-state index contributed by atoms with van der Waals surface area (Å²) < 4.78 is 0. The van der Waals surface area contributed by atoms with E-state index in [-0.39, 0.29) is 0 Å². The second kappa shape index (κ2) is 14.8. The van der Waals surface area contributed by atoms with Crippen molar-refractivity contribution in [1.29, 1.82) is 10.5 Å². The first-order chi connectivity index (χ1) is 27.1. The van der Waals surface area contributed by atoms with E-state index < -0.39 is 0 Å². The minimum atomic E-state index is 0.498. The summed E-state index contributed by atoms with van der Waals surface area (Å²) in [5.41, 5.74) is 11.4. The largest absolute Gasteiger partial charge is 0.371 e. The van der Waals surface area contributed by atoms with Gasteiger partial charge in [0.2, 0.25) is 11.9 Å². The van der Waals surface area contributed by atoms with Crippen LogP contribution in [0.2, 0.25) is 0 Å². The molecular weight excluding hydrogens is 683 g/mol. The zero-order valence-corrected chi connectivity index (χ0v) is 30.4. The fourth-order valence-electron chi connectivity index (χ4n) is 7.72. The zero-order chi connectivity index (χ0) is 37.1. The number of anilines is 6. The third-order valence-corrected chi connectivity index (χ3v) is 10.6. The number of nitriles is 2. The maximum absolute atomic E-state index is 9.39. The molecule has 2 saturated heterocycles. The van der Waals surface area contributed by atoms with Crippen molar-refractivity contribution < 1.29 is 0 Å². The van der Waals surface area contributed by atoms with Gasteiger partial charge in [0, 0.05) is 60.1 Å². The molecule has 5 aliphatic heterocycles. The van der Waals surface area contributed by atoms with Gasteiger partial charge < -0.3 is 20.4 Å². The van der Waals surface area contributed by atoms with Crippen molar-refractivity contribution in [3.05, 3.63) is 125 Å². The number of allylic oxidation sites excluding steroid dienone is 2. The van der Waals surface area contributed by atoms with Gasteiger partial charge >= 0.3 is 0 Å². The van der Waals surface area contributed by atoms with Crippen LogP contribution in [0.4, 0.5) is 34.1 Å². The second-order valence-corrected chi connectivity index (χ2v) is 14.2. The Morgan fingerprint density at radius 2 is 1.11 bits per heavy atom. The third-order valence-electron chi connectivity index (χ3n) is 10.6. The average molecular weight is 722 g/mol. The van der Waals surface area contributed by atoms with Gasteiger partial charge in [0.05, 0.1) is 51.7 Å². The Morgan fingerprint density at radius 3 is 1.67 bits per heavy atom. The fraction of sp³-hybridized carbons (Fsp3) is 0.227. The van der Waals surface area contributed by atoms with E-state index in [1.807, 2.05) is 53.4 Å². The van der Waals surface area contributed by atoms with E-state index in [9.17, 15) is 10.5 Å². The Balaban J connectivity index is 1.12. The van der Waals surface area contributed by atoms with Gasteiger partial charge in [-0.1, -0.05) is 0 Å². The van der Waals surface area contributed by atoms with Crippen LogP contribution in [0.25, 0.3) is 5.70 Å². The lowest BCUT2D eigenvalue weighted by Crippen LogP contribution is -2.40. The lowest BCUT2D eigenvalue weighted by molar-refractivity contribution is 0.578. The predicted molar refractivity (Wildman–Crippen MR) is 222 cm³/mol. The summed E-state index contributed by atoms with van der Waals surface area (Å²) in [5.74, 6) is 0.995. The summed E-state index contributed by atoms with van der Waals surface area (Å²) in [6.45, 7) is 4.12. The van der Waals surface area contributed by atoms with Crippen LogP contribution in [-0.4, -0.2) is 55.0 Å². The highest BCUT2D eigenvalue weighted by Gasteiger charge is 2.32. The van der Waals surface area contributed by atoms with Crippen LogP contribution in [0.3, 0.4) is 0 Å². The molecule has 0 atom stereocenters. The lowest BCUT2D eigenvalue weighted by atomic mass is 10.0. The maximum Gasteiger partial charge on any atom is 0.239 e. The van der Waals surface area contributed by atoms with Gasteiger partial charge in [0.1, 0.15) is 6.34 Å². The molecular formula is C44H39N11. The molecule has 5 heterocycles. The number of guanidine groups is 2. The highest BCUT2D eigenvalue weighted by molar-refractivity contribution is 6.24. The minimum Gasteiger partial charge on any atom is -0.371 e. The van der Waals surface area contributed by atoms with Crippen LogP contribution in [0, 0.1) is 22.7 Å². The first-order valence-electron chi connectivity index (χ1n) is 19.0. The monoisotopic (exact) mass is 721 g/mol. The molecule has 9 rings (SSSR count). The molecule has 0 amide bonds. The van der Waals surface area contributed by atoms with Crippen LogP contribution < -0.4 is 20.4 Å². The van der Waals surface area contributed by atoms with E-state index in [0.29, 0.717) is 23.0 Å². The van der Waals surface area contributed by atoms with Crippen molar-refractivity contribution in [2.75, 3.05) is 46.6 Å².